The maximum atomic E-state index is 13.3. The smallest absolute Gasteiger partial charge is 0.251 e. The van der Waals surface area contributed by atoms with Crippen molar-refractivity contribution in [3.05, 3.63) is 102 Å². The van der Waals surface area contributed by atoms with E-state index in [1.165, 1.54) is 24.3 Å². The Hall–Kier alpha value is -4.00. The molecule has 1 aliphatic heterocycles. The van der Waals surface area contributed by atoms with Crippen LogP contribution in [0.15, 0.2) is 84.9 Å². The Morgan fingerprint density at radius 1 is 0.857 bits per heavy atom. The van der Waals surface area contributed by atoms with E-state index in [2.05, 4.69) is 10.6 Å². The van der Waals surface area contributed by atoms with Crippen LogP contribution in [-0.4, -0.2) is 41.8 Å². The second-order valence-corrected chi connectivity index (χ2v) is 8.69. The van der Waals surface area contributed by atoms with Gasteiger partial charge >= 0.3 is 0 Å². The lowest BCUT2D eigenvalue weighted by Gasteiger charge is -2.36. The molecule has 35 heavy (non-hydrogen) atoms. The molecule has 1 saturated heterocycles. The number of benzene rings is 3. The van der Waals surface area contributed by atoms with Crippen LogP contribution in [0.3, 0.4) is 0 Å². The van der Waals surface area contributed by atoms with Crippen LogP contribution in [0.25, 0.3) is 0 Å². The minimum absolute atomic E-state index is 0.0512. The van der Waals surface area contributed by atoms with E-state index in [9.17, 15) is 18.8 Å². The fraction of sp³-hybridized carbons (Fsp3) is 0.250. The number of halogens is 1. The molecular formula is C28H28FN3O3. The molecule has 1 atom stereocenters. The number of rotatable bonds is 7. The Balaban J connectivity index is 1.43. The summed E-state index contributed by atoms with van der Waals surface area (Å²) in [6.07, 6.45) is 1.50. The average molecular weight is 474 g/mol. The number of hydrogen-bond donors (Lipinski definition) is 2. The average Bonchev–Trinajstić information content (AvgIpc) is 2.89. The van der Waals surface area contributed by atoms with Gasteiger partial charge in [-0.25, -0.2) is 4.39 Å². The van der Waals surface area contributed by atoms with Crippen LogP contribution in [0.1, 0.15) is 28.8 Å². The largest absolute Gasteiger partial charge is 0.342 e. The van der Waals surface area contributed by atoms with Crippen LogP contribution in [0.5, 0.6) is 0 Å². The fourth-order valence-corrected chi connectivity index (χ4v) is 4.33. The van der Waals surface area contributed by atoms with Gasteiger partial charge in [-0.1, -0.05) is 48.5 Å². The number of carbonyl (C=O) groups excluding carboxylic acids is 3. The van der Waals surface area contributed by atoms with E-state index in [-0.39, 0.29) is 23.3 Å². The van der Waals surface area contributed by atoms with Crippen molar-refractivity contribution < 1.29 is 18.8 Å². The summed E-state index contributed by atoms with van der Waals surface area (Å²) in [6, 6.07) is 23.1. The molecule has 7 heteroatoms. The molecule has 0 aliphatic carbocycles. The van der Waals surface area contributed by atoms with Crippen molar-refractivity contribution in [3.8, 4) is 0 Å². The van der Waals surface area contributed by atoms with Crippen LogP contribution >= 0.6 is 0 Å². The van der Waals surface area contributed by atoms with Crippen molar-refractivity contribution in [1.29, 1.82) is 0 Å². The van der Waals surface area contributed by atoms with Crippen molar-refractivity contribution in [2.75, 3.05) is 18.4 Å². The zero-order chi connectivity index (χ0) is 24.6. The molecule has 3 aromatic rings. The van der Waals surface area contributed by atoms with Crippen molar-refractivity contribution in [2.45, 2.75) is 25.3 Å². The molecule has 0 unspecified atom stereocenters. The summed E-state index contributed by atoms with van der Waals surface area (Å²) in [5.74, 6) is -1.30. The van der Waals surface area contributed by atoms with Gasteiger partial charge in [-0.3, -0.25) is 14.4 Å². The third-order valence-corrected chi connectivity index (χ3v) is 6.28. The molecule has 4 rings (SSSR count). The molecule has 0 radical (unpaired) electrons. The zero-order valence-electron chi connectivity index (χ0n) is 19.3. The number of nitrogens with zero attached hydrogens (tertiary/aromatic N) is 1. The van der Waals surface area contributed by atoms with Crippen LogP contribution in [-0.2, 0) is 16.0 Å². The van der Waals surface area contributed by atoms with Crippen molar-refractivity contribution >= 4 is 23.4 Å². The topological polar surface area (TPSA) is 78.5 Å². The number of piperidine rings is 1. The van der Waals surface area contributed by atoms with Crippen LogP contribution in [0.2, 0.25) is 0 Å². The van der Waals surface area contributed by atoms with Crippen molar-refractivity contribution in [2.24, 2.45) is 5.92 Å². The van der Waals surface area contributed by atoms with Gasteiger partial charge in [0.1, 0.15) is 11.9 Å². The highest BCUT2D eigenvalue weighted by atomic mass is 19.1. The van der Waals surface area contributed by atoms with Gasteiger partial charge in [-0.05, 0) is 60.7 Å². The Labute approximate surface area is 204 Å². The number of hydrogen-bond acceptors (Lipinski definition) is 3. The number of anilines is 1. The number of carbonyl (C=O) groups is 3. The summed E-state index contributed by atoms with van der Waals surface area (Å²) < 4.78 is 13.3. The molecule has 6 nitrogen and oxygen atoms in total. The summed E-state index contributed by atoms with van der Waals surface area (Å²) in [6.45, 7) is 1.02. The summed E-state index contributed by atoms with van der Waals surface area (Å²) >= 11 is 0. The van der Waals surface area contributed by atoms with Gasteiger partial charge in [0.2, 0.25) is 11.8 Å². The van der Waals surface area contributed by atoms with Gasteiger partial charge < -0.3 is 15.5 Å². The van der Waals surface area contributed by atoms with Crippen molar-refractivity contribution in [3.63, 3.8) is 0 Å². The SMILES string of the molecule is O=C(N[C@H](C(=O)Nc1ccccc1)C1CCN(C(=O)Cc2ccccc2)CC1)c1ccc(F)cc1. The maximum absolute atomic E-state index is 13.3. The highest BCUT2D eigenvalue weighted by molar-refractivity contribution is 6.01. The first-order valence-electron chi connectivity index (χ1n) is 11.7. The van der Waals surface area contributed by atoms with Gasteiger partial charge in [0.25, 0.3) is 5.91 Å². The molecule has 1 fully saturated rings. The monoisotopic (exact) mass is 473 g/mol. The van der Waals surface area contributed by atoms with E-state index >= 15 is 0 Å². The maximum Gasteiger partial charge on any atom is 0.251 e. The lowest BCUT2D eigenvalue weighted by Crippen LogP contribution is -2.52. The predicted molar refractivity (Wildman–Crippen MR) is 132 cm³/mol. The lowest BCUT2D eigenvalue weighted by molar-refractivity contribution is -0.132. The first kappa shape index (κ1) is 24.1. The Morgan fingerprint density at radius 2 is 1.46 bits per heavy atom. The van der Waals surface area contributed by atoms with E-state index in [1.807, 2.05) is 53.4 Å². The second-order valence-electron chi connectivity index (χ2n) is 8.69. The standard InChI is InChI=1S/C28H28FN3O3/c29-23-13-11-22(12-14-23)27(34)31-26(28(35)30-24-9-5-2-6-10-24)21-15-17-32(18-16-21)25(33)19-20-7-3-1-4-8-20/h1-14,21,26H,15-19H2,(H,30,35)(H,31,34)/t26-/m0/s1. The predicted octanol–water partition coefficient (Wildman–Crippen LogP) is 4.04. The van der Waals surface area contributed by atoms with Gasteiger partial charge in [0.05, 0.1) is 6.42 Å². The molecule has 0 aromatic heterocycles. The van der Waals surface area contributed by atoms with Crippen LogP contribution < -0.4 is 10.6 Å². The Kier molecular flexibility index (Phi) is 7.88. The van der Waals surface area contributed by atoms with E-state index in [0.717, 1.165) is 5.56 Å². The summed E-state index contributed by atoms with van der Waals surface area (Å²) in [7, 11) is 0. The number of likely N-dealkylation sites (tertiary alicyclic amines) is 1. The summed E-state index contributed by atoms with van der Waals surface area (Å²) in [5, 5.41) is 5.73. The molecule has 1 heterocycles. The van der Waals surface area contributed by atoms with Gasteiger partial charge in [0.15, 0.2) is 0 Å². The molecule has 0 saturated carbocycles. The normalized spacial score (nSPS) is 14.7. The molecule has 180 valence electrons. The summed E-state index contributed by atoms with van der Waals surface area (Å²) in [4.78, 5) is 40.7. The third kappa shape index (κ3) is 6.53. The van der Waals surface area contributed by atoms with E-state index in [0.29, 0.717) is 38.0 Å². The van der Waals surface area contributed by atoms with Gasteiger partial charge in [0, 0.05) is 24.3 Å². The Bertz CT molecular complexity index is 1150. The molecular weight excluding hydrogens is 445 g/mol. The third-order valence-electron chi connectivity index (χ3n) is 6.28. The van der Waals surface area contributed by atoms with Crippen LogP contribution in [0, 0.1) is 11.7 Å². The molecule has 3 aromatic carbocycles. The molecule has 2 N–H and O–H groups in total. The first-order valence-corrected chi connectivity index (χ1v) is 11.7. The first-order chi connectivity index (χ1) is 17.0. The molecule has 0 spiro atoms. The number of amides is 3. The number of para-hydroxylation sites is 1. The quantitative estimate of drug-likeness (QED) is 0.544. The minimum atomic E-state index is -0.792. The zero-order valence-corrected chi connectivity index (χ0v) is 19.3. The fourth-order valence-electron chi connectivity index (χ4n) is 4.33. The van der Waals surface area contributed by atoms with E-state index in [1.54, 1.807) is 12.1 Å². The molecule has 0 bridgehead atoms. The Morgan fingerprint density at radius 3 is 2.09 bits per heavy atom. The van der Waals surface area contributed by atoms with Crippen LogP contribution in [0.4, 0.5) is 10.1 Å². The van der Waals surface area contributed by atoms with Crippen molar-refractivity contribution in [1.82, 2.24) is 10.2 Å². The van der Waals surface area contributed by atoms with Gasteiger partial charge in [-0.15, -0.1) is 0 Å². The molecule has 1 aliphatic rings. The summed E-state index contributed by atoms with van der Waals surface area (Å²) in [5.41, 5.74) is 1.87. The van der Waals surface area contributed by atoms with E-state index in [4.69, 9.17) is 0 Å². The minimum Gasteiger partial charge on any atom is -0.342 e. The lowest BCUT2D eigenvalue weighted by atomic mass is 9.88. The van der Waals surface area contributed by atoms with Gasteiger partial charge in [-0.2, -0.15) is 0 Å². The molecule has 3 amide bonds. The number of nitrogens with one attached hydrogen (secondary N) is 2. The highest BCUT2D eigenvalue weighted by Crippen LogP contribution is 2.23. The van der Waals surface area contributed by atoms with E-state index < -0.39 is 17.8 Å². The second kappa shape index (κ2) is 11.4. The highest BCUT2D eigenvalue weighted by Gasteiger charge is 2.34.